The molecular weight excluding hydrogens is 248 g/mol. The Morgan fingerprint density at radius 2 is 1.86 bits per heavy atom. The number of fused-ring (bicyclic) bond motifs is 1. The van der Waals surface area contributed by atoms with Crippen molar-refractivity contribution in [1.29, 1.82) is 0 Å². The highest BCUT2D eigenvalue weighted by Gasteiger charge is 2.32. The molecule has 0 unspecified atom stereocenters. The van der Waals surface area contributed by atoms with Crippen LogP contribution in [-0.4, -0.2) is 10.9 Å². The lowest BCUT2D eigenvalue weighted by molar-refractivity contribution is -0.0431. The molecule has 1 aromatic carbocycles. The summed E-state index contributed by atoms with van der Waals surface area (Å²) in [4.78, 5) is 0. The summed E-state index contributed by atoms with van der Waals surface area (Å²) in [6, 6.07) is 3.60. The Balaban J connectivity index is 2.44. The first-order valence-corrected chi connectivity index (χ1v) is 5.12. The van der Waals surface area contributed by atoms with Crippen LogP contribution in [0.3, 0.4) is 0 Å². The molecule has 0 spiro atoms. The van der Waals surface area contributed by atoms with Crippen molar-refractivity contribution in [2.45, 2.75) is 26.2 Å². The summed E-state index contributed by atoms with van der Waals surface area (Å²) in [5, 5.41) is 9.05. The Bertz CT molecular complexity index is 374. The topological polar surface area (TPSA) is 38.7 Å². The Labute approximate surface area is 90.8 Å². The van der Waals surface area contributed by atoms with Crippen LogP contribution in [0.25, 0.3) is 0 Å². The SMILES string of the molecule is CC1(C)Oc2cc(Br)c(CO)cc2O1. The lowest BCUT2D eigenvalue weighted by atomic mass is 10.2. The summed E-state index contributed by atoms with van der Waals surface area (Å²) in [5.74, 6) is 0.775. The van der Waals surface area contributed by atoms with Gasteiger partial charge < -0.3 is 14.6 Å². The number of hydrogen-bond acceptors (Lipinski definition) is 3. The summed E-state index contributed by atoms with van der Waals surface area (Å²) < 4.78 is 11.9. The van der Waals surface area contributed by atoms with Crippen LogP contribution >= 0.6 is 15.9 Å². The van der Waals surface area contributed by atoms with Gasteiger partial charge in [-0.3, -0.25) is 0 Å². The van der Waals surface area contributed by atoms with E-state index < -0.39 is 5.79 Å². The van der Waals surface area contributed by atoms with E-state index in [-0.39, 0.29) is 6.61 Å². The molecule has 1 heterocycles. The van der Waals surface area contributed by atoms with E-state index in [1.807, 2.05) is 19.9 Å². The molecule has 0 radical (unpaired) electrons. The van der Waals surface area contributed by atoms with Gasteiger partial charge in [0.15, 0.2) is 11.5 Å². The fraction of sp³-hybridized carbons (Fsp3) is 0.400. The number of aliphatic hydroxyl groups is 1. The van der Waals surface area contributed by atoms with E-state index >= 15 is 0 Å². The third-order valence-corrected chi connectivity index (χ3v) is 2.73. The predicted molar refractivity (Wildman–Crippen MR) is 55.4 cm³/mol. The second-order valence-corrected chi connectivity index (χ2v) is 4.51. The molecule has 0 aromatic heterocycles. The first kappa shape index (κ1) is 9.80. The number of benzene rings is 1. The van der Waals surface area contributed by atoms with Crippen molar-refractivity contribution in [3.63, 3.8) is 0 Å². The number of ether oxygens (including phenoxy) is 2. The monoisotopic (exact) mass is 258 g/mol. The number of aliphatic hydroxyl groups excluding tert-OH is 1. The van der Waals surface area contributed by atoms with E-state index in [0.29, 0.717) is 11.5 Å². The lowest BCUT2D eigenvalue weighted by Gasteiger charge is -2.16. The van der Waals surface area contributed by atoms with E-state index in [0.717, 1.165) is 10.0 Å². The Hall–Kier alpha value is -0.740. The van der Waals surface area contributed by atoms with Gasteiger partial charge in [0, 0.05) is 18.3 Å². The van der Waals surface area contributed by atoms with Crippen LogP contribution < -0.4 is 9.47 Å². The van der Waals surface area contributed by atoms with Gasteiger partial charge in [0.1, 0.15) is 0 Å². The van der Waals surface area contributed by atoms with E-state index in [2.05, 4.69) is 15.9 Å². The minimum Gasteiger partial charge on any atom is -0.449 e. The first-order valence-electron chi connectivity index (χ1n) is 4.33. The van der Waals surface area contributed by atoms with E-state index in [1.165, 1.54) is 0 Å². The van der Waals surface area contributed by atoms with Crippen molar-refractivity contribution >= 4 is 15.9 Å². The molecule has 76 valence electrons. The third kappa shape index (κ3) is 1.60. The van der Waals surface area contributed by atoms with Crippen molar-refractivity contribution in [2.24, 2.45) is 0 Å². The lowest BCUT2D eigenvalue weighted by Crippen LogP contribution is -2.29. The Morgan fingerprint density at radius 3 is 2.43 bits per heavy atom. The van der Waals surface area contributed by atoms with E-state index in [1.54, 1.807) is 6.07 Å². The van der Waals surface area contributed by atoms with Gasteiger partial charge in [-0.25, -0.2) is 0 Å². The fourth-order valence-electron chi connectivity index (χ4n) is 1.41. The Morgan fingerprint density at radius 1 is 1.29 bits per heavy atom. The minimum atomic E-state index is -0.615. The fourth-order valence-corrected chi connectivity index (χ4v) is 1.86. The molecule has 2 rings (SSSR count). The van der Waals surface area contributed by atoms with Crippen LogP contribution in [0, 0.1) is 0 Å². The van der Waals surface area contributed by atoms with Gasteiger partial charge in [-0.2, -0.15) is 0 Å². The summed E-state index contributed by atoms with van der Waals surface area (Å²) in [7, 11) is 0. The second kappa shape index (κ2) is 3.14. The van der Waals surface area contributed by atoms with Crippen LogP contribution in [-0.2, 0) is 6.61 Å². The molecule has 1 N–H and O–H groups in total. The molecule has 0 aliphatic carbocycles. The van der Waals surface area contributed by atoms with Gasteiger partial charge >= 0.3 is 0 Å². The van der Waals surface area contributed by atoms with Crippen molar-refractivity contribution < 1.29 is 14.6 Å². The number of halogens is 1. The number of rotatable bonds is 1. The molecule has 0 fully saturated rings. The summed E-state index contributed by atoms with van der Waals surface area (Å²) in [5.41, 5.74) is 0.796. The van der Waals surface area contributed by atoms with E-state index in [9.17, 15) is 0 Å². The van der Waals surface area contributed by atoms with Crippen LogP contribution in [0.5, 0.6) is 11.5 Å². The van der Waals surface area contributed by atoms with Gasteiger partial charge in [-0.05, 0) is 17.7 Å². The quantitative estimate of drug-likeness (QED) is 0.841. The zero-order chi connectivity index (χ0) is 10.3. The van der Waals surface area contributed by atoms with Crippen molar-refractivity contribution in [3.8, 4) is 11.5 Å². The predicted octanol–water partition coefficient (Wildman–Crippen LogP) is 2.45. The maximum Gasteiger partial charge on any atom is 0.246 e. The highest BCUT2D eigenvalue weighted by molar-refractivity contribution is 9.10. The van der Waals surface area contributed by atoms with Crippen LogP contribution in [0.1, 0.15) is 19.4 Å². The maximum absolute atomic E-state index is 9.05. The molecule has 0 saturated carbocycles. The standard InChI is InChI=1S/C10H11BrO3/c1-10(2)13-8-3-6(5-12)7(11)4-9(8)14-10/h3-4,12H,5H2,1-2H3. The van der Waals surface area contributed by atoms with Gasteiger partial charge in [0.25, 0.3) is 0 Å². The average Bonchev–Trinajstić information content (AvgIpc) is 2.36. The highest BCUT2D eigenvalue weighted by Crippen LogP contribution is 2.42. The minimum absolute atomic E-state index is 0.0162. The molecule has 1 aliphatic rings. The summed E-state index contributed by atoms with van der Waals surface area (Å²) in [6.45, 7) is 3.68. The zero-order valence-corrected chi connectivity index (χ0v) is 9.59. The van der Waals surface area contributed by atoms with Gasteiger partial charge in [-0.15, -0.1) is 0 Å². The largest absolute Gasteiger partial charge is 0.449 e. The molecule has 1 aromatic rings. The average molecular weight is 259 g/mol. The summed E-state index contributed by atoms with van der Waals surface area (Å²) >= 11 is 3.35. The molecule has 0 amide bonds. The van der Waals surface area contributed by atoms with Crippen LogP contribution in [0.15, 0.2) is 16.6 Å². The van der Waals surface area contributed by atoms with E-state index in [4.69, 9.17) is 14.6 Å². The second-order valence-electron chi connectivity index (χ2n) is 3.65. The van der Waals surface area contributed by atoms with Gasteiger partial charge in [-0.1, -0.05) is 15.9 Å². The molecule has 0 saturated heterocycles. The first-order chi connectivity index (χ1) is 6.52. The highest BCUT2D eigenvalue weighted by atomic mass is 79.9. The molecule has 0 atom stereocenters. The molecule has 3 nitrogen and oxygen atoms in total. The molecule has 0 bridgehead atoms. The molecule has 4 heteroatoms. The summed E-state index contributed by atoms with van der Waals surface area (Å²) in [6.07, 6.45) is 0. The van der Waals surface area contributed by atoms with Gasteiger partial charge in [0.05, 0.1) is 6.61 Å². The van der Waals surface area contributed by atoms with Gasteiger partial charge in [0.2, 0.25) is 5.79 Å². The van der Waals surface area contributed by atoms with Crippen molar-refractivity contribution in [3.05, 3.63) is 22.2 Å². The normalized spacial score (nSPS) is 17.1. The van der Waals surface area contributed by atoms with Crippen LogP contribution in [0.2, 0.25) is 0 Å². The number of hydrogen-bond donors (Lipinski definition) is 1. The van der Waals surface area contributed by atoms with Crippen molar-refractivity contribution in [1.82, 2.24) is 0 Å². The maximum atomic E-state index is 9.05. The van der Waals surface area contributed by atoms with Crippen LogP contribution in [0.4, 0.5) is 0 Å². The Kier molecular flexibility index (Phi) is 2.20. The molecular formula is C10H11BrO3. The molecule has 14 heavy (non-hydrogen) atoms. The zero-order valence-electron chi connectivity index (χ0n) is 8.00. The third-order valence-electron chi connectivity index (χ3n) is 1.99. The molecule has 1 aliphatic heterocycles. The van der Waals surface area contributed by atoms with Crippen molar-refractivity contribution in [2.75, 3.05) is 0 Å². The smallest absolute Gasteiger partial charge is 0.246 e.